The minimum Gasteiger partial charge on any atom is -0.340 e. The first kappa shape index (κ1) is 12.6. The van der Waals surface area contributed by atoms with E-state index in [0.29, 0.717) is 6.42 Å². The Kier molecular flexibility index (Phi) is 4.57. The summed E-state index contributed by atoms with van der Waals surface area (Å²) >= 11 is 3.41. The number of hydrogen-bond acceptors (Lipinski definition) is 2. The highest BCUT2D eigenvalue weighted by atomic mass is 79.9. The normalized spacial score (nSPS) is 15.9. The van der Waals surface area contributed by atoms with Gasteiger partial charge in [0.15, 0.2) is 0 Å². The maximum absolute atomic E-state index is 11.9. The van der Waals surface area contributed by atoms with Gasteiger partial charge in [-0.15, -0.1) is 0 Å². The van der Waals surface area contributed by atoms with Crippen molar-refractivity contribution in [2.75, 3.05) is 26.2 Å². The van der Waals surface area contributed by atoms with Crippen LogP contribution in [0.2, 0.25) is 0 Å². The minimum atomic E-state index is 0.273. The molecule has 1 fully saturated rings. The third kappa shape index (κ3) is 3.82. The number of piperazine rings is 1. The third-order valence-electron chi connectivity index (χ3n) is 3.01. The first-order chi connectivity index (χ1) is 8.25. The van der Waals surface area contributed by atoms with Crippen molar-refractivity contribution in [1.29, 1.82) is 0 Å². The number of rotatable bonds is 3. The van der Waals surface area contributed by atoms with E-state index in [1.165, 1.54) is 5.56 Å². The molecule has 0 radical (unpaired) electrons. The van der Waals surface area contributed by atoms with Gasteiger partial charge in [0.25, 0.3) is 0 Å². The molecular weight excluding hydrogens is 280 g/mol. The van der Waals surface area contributed by atoms with Gasteiger partial charge in [-0.3, -0.25) is 4.79 Å². The molecule has 0 aliphatic carbocycles. The van der Waals surface area contributed by atoms with Crippen molar-refractivity contribution >= 4 is 21.8 Å². The van der Waals surface area contributed by atoms with E-state index in [0.717, 1.165) is 37.1 Å². The lowest BCUT2D eigenvalue weighted by molar-refractivity contribution is -0.131. The van der Waals surface area contributed by atoms with E-state index in [-0.39, 0.29) is 5.91 Å². The third-order valence-corrected chi connectivity index (χ3v) is 3.54. The molecule has 1 heterocycles. The molecule has 2 rings (SSSR count). The van der Waals surface area contributed by atoms with Gasteiger partial charge in [-0.05, 0) is 24.1 Å². The molecule has 17 heavy (non-hydrogen) atoms. The molecule has 0 spiro atoms. The van der Waals surface area contributed by atoms with Crippen molar-refractivity contribution in [1.82, 2.24) is 10.2 Å². The molecular formula is C13H17BrN2O. The number of halogens is 1. The SMILES string of the molecule is O=C(CCc1ccc(Br)cc1)N1CCNCC1. The van der Waals surface area contributed by atoms with Crippen molar-refractivity contribution in [2.24, 2.45) is 0 Å². The second kappa shape index (κ2) is 6.17. The van der Waals surface area contributed by atoms with Crippen LogP contribution in [-0.4, -0.2) is 37.0 Å². The molecule has 1 amide bonds. The lowest BCUT2D eigenvalue weighted by atomic mass is 10.1. The smallest absolute Gasteiger partial charge is 0.222 e. The Morgan fingerprint density at radius 1 is 1.24 bits per heavy atom. The number of hydrogen-bond donors (Lipinski definition) is 1. The first-order valence-electron chi connectivity index (χ1n) is 5.98. The highest BCUT2D eigenvalue weighted by Gasteiger charge is 2.15. The summed E-state index contributed by atoms with van der Waals surface area (Å²) in [5.41, 5.74) is 1.22. The monoisotopic (exact) mass is 296 g/mol. The molecule has 0 atom stereocenters. The molecule has 0 saturated carbocycles. The lowest BCUT2D eigenvalue weighted by Crippen LogP contribution is -2.46. The number of aryl methyl sites for hydroxylation is 1. The average molecular weight is 297 g/mol. The molecule has 0 aromatic heterocycles. The van der Waals surface area contributed by atoms with Crippen LogP contribution in [0.15, 0.2) is 28.7 Å². The van der Waals surface area contributed by atoms with Gasteiger partial charge in [-0.2, -0.15) is 0 Å². The molecule has 1 aliphatic heterocycles. The zero-order chi connectivity index (χ0) is 12.1. The van der Waals surface area contributed by atoms with Crippen molar-refractivity contribution in [3.63, 3.8) is 0 Å². The van der Waals surface area contributed by atoms with Crippen molar-refractivity contribution < 1.29 is 4.79 Å². The van der Waals surface area contributed by atoms with E-state index in [9.17, 15) is 4.79 Å². The van der Waals surface area contributed by atoms with E-state index in [2.05, 4.69) is 33.4 Å². The van der Waals surface area contributed by atoms with Gasteiger partial charge in [0, 0.05) is 37.1 Å². The van der Waals surface area contributed by atoms with E-state index >= 15 is 0 Å². The first-order valence-corrected chi connectivity index (χ1v) is 6.78. The topological polar surface area (TPSA) is 32.3 Å². The highest BCUT2D eigenvalue weighted by molar-refractivity contribution is 9.10. The summed E-state index contributed by atoms with van der Waals surface area (Å²) in [6.07, 6.45) is 1.44. The van der Waals surface area contributed by atoms with E-state index in [1.807, 2.05) is 17.0 Å². The molecule has 0 unspecified atom stereocenters. The lowest BCUT2D eigenvalue weighted by Gasteiger charge is -2.27. The molecule has 1 saturated heterocycles. The fourth-order valence-electron chi connectivity index (χ4n) is 1.97. The maximum atomic E-state index is 11.9. The van der Waals surface area contributed by atoms with Gasteiger partial charge < -0.3 is 10.2 Å². The molecule has 4 heteroatoms. The van der Waals surface area contributed by atoms with Crippen LogP contribution < -0.4 is 5.32 Å². The Bertz CT molecular complexity index is 372. The van der Waals surface area contributed by atoms with Crippen LogP contribution >= 0.6 is 15.9 Å². The maximum Gasteiger partial charge on any atom is 0.222 e. The van der Waals surface area contributed by atoms with Gasteiger partial charge >= 0.3 is 0 Å². The fraction of sp³-hybridized carbons (Fsp3) is 0.462. The Morgan fingerprint density at radius 3 is 2.53 bits per heavy atom. The van der Waals surface area contributed by atoms with Crippen LogP contribution in [0.5, 0.6) is 0 Å². The highest BCUT2D eigenvalue weighted by Crippen LogP contribution is 2.12. The Balaban J connectivity index is 1.81. The van der Waals surface area contributed by atoms with Crippen LogP contribution in [0.3, 0.4) is 0 Å². The molecule has 0 bridgehead atoms. The summed E-state index contributed by atoms with van der Waals surface area (Å²) < 4.78 is 1.08. The number of nitrogens with one attached hydrogen (secondary N) is 1. The van der Waals surface area contributed by atoms with Crippen LogP contribution in [0.25, 0.3) is 0 Å². The molecule has 1 N–H and O–H groups in total. The van der Waals surface area contributed by atoms with Crippen LogP contribution in [0.4, 0.5) is 0 Å². The quantitative estimate of drug-likeness (QED) is 0.923. The zero-order valence-corrected chi connectivity index (χ0v) is 11.4. The van der Waals surface area contributed by atoms with Crippen LogP contribution in [-0.2, 0) is 11.2 Å². The molecule has 1 aromatic rings. The Labute approximate surface area is 110 Å². The standard InChI is InChI=1S/C13H17BrN2O/c14-12-4-1-11(2-5-12)3-6-13(17)16-9-7-15-8-10-16/h1-2,4-5,15H,3,6-10H2. The second-order valence-corrected chi connectivity index (χ2v) is 5.17. The van der Waals surface area contributed by atoms with E-state index in [1.54, 1.807) is 0 Å². The number of carbonyl (C=O) groups is 1. The molecule has 92 valence electrons. The van der Waals surface area contributed by atoms with Crippen molar-refractivity contribution in [2.45, 2.75) is 12.8 Å². The predicted molar refractivity (Wildman–Crippen MR) is 71.9 cm³/mol. The van der Waals surface area contributed by atoms with Gasteiger partial charge in [-0.1, -0.05) is 28.1 Å². The van der Waals surface area contributed by atoms with Gasteiger partial charge in [0.1, 0.15) is 0 Å². The van der Waals surface area contributed by atoms with Gasteiger partial charge in [0.2, 0.25) is 5.91 Å². The summed E-state index contributed by atoms with van der Waals surface area (Å²) in [5.74, 6) is 0.273. The molecule has 1 aromatic carbocycles. The van der Waals surface area contributed by atoms with Crippen molar-refractivity contribution in [3.05, 3.63) is 34.3 Å². The number of carbonyl (C=O) groups excluding carboxylic acids is 1. The van der Waals surface area contributed by atoms with E-state index < -0.39 is 0 Å². The Hall–Kier alpha value is -0.870. The number of benzene rings is 1. The summed E-state index contributed by atoms with van der Waals surface area (Å²) in [5, 5.41) is 3.25. The summed E-state index contributed by atoms with van der Waals surface area (Å²) in [7, 11) is 0. The van der Waals surface area contributed by atoms with Crippen molar-refractivity contribution in [3.8, 4) is 0 Å². The molecule has 1 aliphatic rings. The fourth-order valence-corrected chi connectivity index (χ4v) is 2.24. The van der Waals surface area contributed by atoms with Crippen LogP contribution in [0.1, 0.15) is 12.0 Å². The van der Waals surface area contributed by atoms with Gasteiger partial charge in [-0.25, -0.2) is 0 Å². The number of nitrogens with zero attached hydrogens (tertiary/aromatic N) is 1. The zero-order valence-electron chi connectivity index (χ0n) is 9.79. The minimum absolute atomic E-state index is 0.273. The van der Waals surface area contributed by atoms with Crippen LogP contribution in [0, 0.1) is 0 Å². The van der Waals surface area contributed by atoms with Gasteiger partial charge in [0.05, 0.1) is 0 Å². The van der Waals surface area contributed by atoms with E-state index in [4.69, 9.17) is 0 Å². The summed E-state index contributed by atoms with van der Waals surface area (Å²) in [6.45, 7) is 3.53. The largest absolute Gasteiger partial charge is 0.340 e. The Morgan fingerprint density at radius 2 is 1.88 bits per heavy atom. The summed E-state index contributed by atoms with van der Waals surface area (Å²) in [6, 6.07) is 8.17. The second-order valence-electron chi connectivity index (χ2n) is 4.26. The average Bonchev–Trinajstić information content (AvgIpc) is 2.39. The number of amides is 1. The molecule has 3 nitrogen and oxygen atoms in total. The summed E-state index contributed by atoms with van der Waals surface area (Å²) in [4.78, 5) is 13.9. The predicted octanol–water partition coefficient (Wildman–Crippen LogP) is 1.81.